The fourth-order valence-corrected chi connectivity index (χ4v) is 4.04. The number of para-hydroxylation sites is 1. The van der Waals surface area contributed by atoms with Crippen LogP contribution in [0.3, 0.4) is 0 Å². The van der Waals surface area contributed by atoms with Crippen LogP contribution < -0.4 is 9.80 Å². The molecule has 3 aromatic rings. The lowest BCUT2D eigenvalue weighted by Gasteiger charge is -2.34. The average molecular weight is 386 g/mol. The smallest absolute Gasteiger partial charge is 0.272 e. The van der Waals surface area contributed by atoms with E-state index in [2.05, 4.69) is 49.0 Å². The Labute approximate surface area is 169 Å². The molecule has 0 N–H and O–H groups in total. The van der Waals surface area contributed by atoms with Crippen LogP contribution in [0, 0.1) is 0 Å². The first-order chi connectivity index (χ1) is 14.3. The summed E-state index contributed by atoms with van der Waals surface area (Å²) in [4.78, 5) is 32.2. The van der Waals surface area contributed by atoms with E-state index in [1.165, 1.54) is 11.3 Å². The van der Waals surface area contributed by atoms with Gasteiger partial charge in [-0.05, 0) is 36.2 Å². The Hall–Kier alpha value is -3.48. The highest BCUT2D eigenvalue weighted by atomic mass is 16.2. The highest BCUT2D eigenvalue weighted by molar-refractivity contribution is 5.93. The molecule has 2 aliphatic heterocycles. The van der Waals surface area contributed by atoms with Crippen LogP contribution in [0.15, 0.2) is 61.1 Å². The number of pyridine rings is 1. The molecule has 1 amide bonds. The van der Waals surface area contributed by atoms with Crippen LogP contribution in [-0.4, -0.2) is 58.5 Å². The van der Waals surface area contributed by atoms with E-state index < -0.39 is 0 Å². The Kier molecular flexibility index (Phi) is 4.56. The van der Waals surface area contributed by atoms with Crippen molar-refractivity contribution in [2.45, 2.75) is 6.42 Å². The van der Waals surface area contributed by atoms with Gasteiger partial charge in [0.05, 0.1) is 0 Å². The summed E-state index contributed by atoms with van der Waals surface area (Å²) in [6.07, 6.45) is 6.24. The molecule has 7 nitrogen and oxygen atoms in total. The fraction of sp³-hybridized carbons (Fsp3) is 0.273. The van der Waals surface area contributed by atoms with E-state index >= 15 is 0 Å². The van der Waals surface area contributed by atoms with Crippen LogP contribution in [0.4, 0.5) is 17.3 Å². The van der Waals surface area contributed by atoms with Gasteiger partial charge in [-0.3, -0.25) is 9.78 Å². The summed E-state index contributed by atoms with van der Waals surface area (Å²) in [6.45, 7) is 3.63. The van der Waals surface area contributed by atoms with Crippen LogP contribution in [0.2, 0.25) is 0 Å². The van der Waals surface area contributed by atoms with Crippen molar-refractivity contribution in [1.29, 1.82) is 0 Å². The van der Waals surface area contributed by atoms with Crippen molar-refractivity contribution in [3.8, 4) is 0 Å². The molecule has 1 saturated heterocycles. The molecular weight excluding hydrogens is 364 g/mol. The van der Waals surface area contributed by atoms with Gasteiger partial charge in [-0.2, -0.15) is 0 Å². The minimum atomic E-state index is -0.0204. The van der Waals surface area contributed by atoms with Gasteiger partial charge < -0.3 is 14.7 Å². The lowest BCUT2D eigenvalue weighted by Crippen LogP contribution is -2.49. The van der Waals surface area contributed by atoms with Crippen LogP contribution in [0.5, 0.6) is 0 Å². The second-order valence-corrected chi connectivity index (χ2v) is 7.26. The maximum atomic E-state index is 13.1. The number of aromatic nitrogens is 3. The number of rotatable bonds is 3. The molecule has 0 spiro atoms. The minimum Gasteiger partial charge on any atom is -0.341 e. The van der Waals surface area contributed by atoms with Gasteiger partial charge in [-0.25, -0.2) is 9.97 Å². The van der Waals surface area contributed by atoms with Gasteiger partial charge in [-0.15, -0.1) is 0 Å². The third-order valence-electron chi connectivity index (χ3n) is 5.56. The summed E-state index contributed by atoms with van der Waals surface area (Å²) in [5.74, 6) is 0.695. The summed E-state index contributed by atoms with van der Waals surface area (Å²) < 4.78 is 0. The molecule has 4 heterocycles. The summed E-state index contributed by atoms with van der Waals surface area (Å²) >= 11 is 0. The van der Waals surface area contributed by atoms with Gasteiger partial charge in [0.25, 0.3) is 5.91 Å². The van der Waals surface area contributed by atoms with Gasteiger partial charge >= 0.3 is 0 Å². The SMILES string of the molecule is O=C(c1cc(N2CCc3ccccc32)ccn1)N1CCN(c2ncccn2)CC1. The molecule has 1 aromatic carbocycles. The first-order valence-corrected chi connectivity index (χ1v) is 9.92. The molecule has 29 heavy (non-hydrogen) atoms. The Morgan fingerprint density at radius 3 is 2.45 bits per heavy atom. The lowest BCUT2D eigenvalue weighted by molar-refractivity contribution is 0.0740. The highest BCUT2D eigenvalue weighted by Gasteiger charge is 2.25. The molecule has 7 heteroatoms. The third kappa shape index (κ3) is 3.40. The Morgan fingerprint density at radius 2 is 1.62 bits per heavy atom. The van der Waals surface area contributed by atoms with Crippen LogP contribution in [0.1, 0.15) is 16.1 Å². The largest absolute Gasteiger partial charge is 0.341 e. The van der Waals surface area contributed by atoms with Gasteiger partial charge in [0.15, 0.2) is 0 Å². The Morgan fingerprint density at radius 1 is 0.828 bits per heavy atom. The zero-order chi connectivity index (χ0) is 19.6. The number of benzene rings is 1. The number of anilines is 3. The van der Waals surface area contributed by atoms with Crippen molar-refractivity contribution in [3.63, 3.8) is 0 Å². The monoisotopic (exact) mass is 386 g/mol. The van der Waals surface area contributed by atoms with Crippen molar-refractivity contribution in [3.05, 3.63) is 72.3 Å². The molecule has 5 rings (SSSR count). The van der Waals surface area contributed by atoms with E-state index in [-0.39, 0.29) is 5.91 Å². The second-order valence-electron chi connectivity index (χ2n) is 7.26. The molecule has 0 radical (unpaired) electrons. The van der Waals surface area contributed by atoms with E-state index in [4.69, 9.17) is 0 Å². The minimum absolute atomic E-state index is 0.0204. The third-order valence-corrected chi connectivity index (χ3v) is 5.56. The van der Waals surface area contributed by atoms with Crippen molar-refractivity contribution in [1.82, 2.24) is 19.9 Å². The first kappa shape index (κ1) is 17.6. The van der Waals surface area contributed by atoms with E-state index in [0.29, 0.717) is 24.7 Å². The molecule has 0 aliphatic carbocycles. The first-order valence-electron chi connectivity index (χ1n) is 9.92. The zero-order valence-electron chi connectivity index (χ0n) is 16.1. The molecular formula is C22H22N6O. The van der Waals surface area contributed by atoms with Crippen LogP contribution >= 0.6 is 0 Å². The number of amides is 1. The second kappa shape index (κ2) is 7.50. The predicted octanol–water partition coefficient (Wildman–Crippen LogP) is 2.53. The summed E-state index contributed by atoms with van der Waals surface area (Å²) in [6, 6.07) is 14.1. The lowest BCUT2D eigenvalue weighted by atomic mass is 10.2. The number of fused-ring (bicyclic) bond motifs is 1. The number of hydrogen-bond acceptors (Lipinski definition) is 6. The number of nitrogens with zero attached hydrogens (tertiary/aromatic N) is 6. The van der Waals surface area contributed by atoms with E-state index in [1.54, 1.807) is 24.7 Å². The Balaban J connectivity index is 1.30. The number of piperazine rings is 1. The van der Waals surface area contributed by atoms with Crippen molar-refractivity contribution >= 4 is 23.2 Å². The molecule has 0 atom stereocenters. The molecule has 0 saturated carbocycles. The zero-order valence-corrected chi connectivity index (χ0v) is 16.1. The Bertz CT molecular complexity index is 1020. The average Bonchev–Trinajstić information content (AvgIpc) is 3.24. The summed E-state index contributed by atoms with van der Waals surface area (Å²) in [5, 5.41) is 0. The molecule has 2 aliphatic rings. The van der Waals surface area contributed by atoms with Gasteiger partial charge in [0.1, 0.15) is 5.69 Å². The molecule has 146 valence electrons. The van der Waals surface area contributed by atoms with Gasteiger partial charge in [-0.1, -0.05) is 18.2 Å². The normalized spacial score (nSPS) is 16.1. The van der Waals surface area contributed by atoms with Crippen molar-refractivity contribution in [2.75, 3.05) is 42.5 Å². The predicted molar refractivity (Wildman–Crippen MR) is 112 cm³/mol. The van der Waals surface area contributed by atoms with Crippen molar-refractivity contribution in [2.24, 2.45) is 0 Å². The maximum absolute atomic E-state index is 13.1. The standard InChI is InChI=1S/C22H22N6O/c29-21(26-12-14-27(15-13-26)22-24-8-3-9-25-22)19-16-18(6-10-23-19)28-11-7-17-4-1-2-5-20(17)28/h1-6,8-10,16H,7,11-15H2. The quantitative estimate of drug-likeness (QED) is 0.689. The molecule has 1 fully saturated rings. The number of carbonyl (C=O) groups is 1. The number of hydrogen-bond donors (Lipinski definition) is 0. The topological polar surface area (TPSA) is 65.5 Å². The van der Waals surface area contributed by atoms with E-state index in [0.717, 1.165) is 31.7 Å². The molecule has 0 unspecified atom stereocenters. The van der Waals surface area contributed by atoms with E-state index in [1.807, 2.05) is 17.0 Å². The summed E-state index contributed by atoms with van der Waals surface area (Å²) in [5.41, 5.74) is 4.07. The maximum Gasteiger partial charge on any atom is 0.272 e. The number of carbonyl (C=O) groups excluding carboxylic acids is 1. The van der Waals surface area contributed by atoms with Crippen molar-refractivity contribution < 1.29 is 4.79 Å². The highest BCUT2D eigenvalue weighted by Crippen LogP contribution is 2.34. The fourth-order valence-electron chi connectivity index (χ4n) is 4.04. The van der Waals surface area contributed by atoms with Gasteiger partial charge in [0.2, 0.25) is 5.95 Å². The summed E-state index contributed by atoms with van der Waals surface area (Å²) in [7, 11) is 0. The van der Waals surface area contributed by atoms with Gasteiger partial charge in [0, 0.05) is 62.7 Å². The van der Waals surface area contributed by atoms with Crippen LogP contribution in [-0.2, 0) is 6.42 Å². The van der Waals surface area contributed by atoms with E-state index in [9.17, 15) is 4.79 Å². The molecule has 0 bridgehead atoms. The van der Waals surface area contributed by atoms with Crippen LogP contribution in [0.25, 0.3) is 0 Å². The molecule has 2 aromatic heterocycles.